The van der Waals surface area contributed by atoms with E-state index >= 15 is 0 Å². The second-order valence-corrected chi connectivity index (χ2v) is 11.7. The molecule has 0 aromatic heterocycles. The molecule has 2 aromatic carbocycles. The highest BCUT2D eigenvalue weighted by Crippen LogP contribution is 2.29. The van der Waals surface area contributed by atoms with Gasteiger partial charge in [-0.2, -0.15) is 4.31 Å². The molecule has 0 bridgehead atoms. The standard InChI is InChI=1S/C22H28N2O5S2/c1-3-24(4-2)31(28,29)20-12-10-19(11-13-20)22(25)23-15-14-21(30(26,27)17-16-23)18-8-6-5-7-9-18/h5-13,21H,3-4,14-17H2,1-2H3. The van der Waals surface area contributed by atoms with Crippen LogP contribution >= 0.6 is 0 Å². The first kappa shape index (κ1) is 23.4. The summed E-state index contributed by atoms with van der Waals surface area (Å²) < 4.78 is 52.2. The average molecular weight is 465 g/mol. The van der Waals surface area contributed by atoms with Crippen molar-refractivity contribution in [1.29, 1.82) is 0 Å². The predicted octanol–water partition coefficient (Wildman–Crippen LogP) is 2.72. The molecule has 1 fully saturated rings. The van der Waals surface area contributed by atoms with Crippen molar-refractivity contribution >= 4 is 25.8 Å². The van der Waals surface area contributed by atoms with Crippen LogP contribution in [-0.2, 0) is 19.9 Å². The molecule has 3 rings (SSSR count). The van der Waals surface area contributed by atoms with E-state index in [0.717, 1.165) is 5.56 Å². The summed E-state index contributed by atoms with van der Waals surface area (Å²) in [5.74, 6) is -0.400. The second kappa shape index (κ2) is 9.50. The van der Waals surface area contributed by atoms with E-state index in [2.05, 4.69) is 0 Å². The van der Waals surface area contributed by atoms with Gasteiger partial charge in [0.05, 0.1) is 15.9 Å². The van der Waals surface area contributed by atoms with Gasteiger partial charge >= 0.3 is 0 Å². The highest BCUT2D eigenvalue weighted by atomic mass is 32.2. The lowest BCUT2D eigenvalue weighted by molar-refractivity contribution is 0.0766. The molecule has 1 saturated heterocycles. The molecule has 2 aromatic rings. The molecule has 1 aliphatic rings. The maximum absolute atomic E-state index is 13.0. The van der Waals surface area contributed by atoms with Gasteiger partial charge < -0.3 is 4.90 Å². The molecule has 0 spiro atoms. The SMILES string of the molecule is CCN(CC)S(=O)(=O)c1ccc(C(=O)N2CCC(c3ccccc3)S(=O)(=O)CC2)cc1. The molecular formula is C22H28N2O5S2. The number of sulfonamides is 1. The first-order valence-corrected chi connectivity index (χ1v) is 13.5. The summed E-state index contributed by atoms with van der Waals surface area (Å²) in [5, 5.41) is -0.631. The minimum Gasteiger partial charge on any atom is -0.338 e. The Morgan fingerprint density at radius 2 is 1.61 bits per heavy atom. The number of nitrogens with zero attached hydrogens (tertiary/aromatic N) is 2. The number of benzene rings is 2. The molecule has 0 saturated carbocycles. The van der Waals surface area contributed by atoms with E-state index in [1.165, 1.54) is 33.5 Å². The Hall–Kier alpha value is -2.23. The van der Waals surface area contributed by atoms with E-state index < -0.39 is 25.1 Å². The first-order chi connectivity index (χ1) is 14.7. The third-order valence-corrected chi connectivity index (χ3v) is 9.83. The van der Waals surface area contributed by atoms with Crippen molar-refractivity contribution in [2.24, 2.45) is 0 Å². The fourth-order valence-electron chi connectivity index (χ4n) is 3.85. The van der Waals surface area contributed by atoms with Crippen LogP contribution in [0.5, 0.6) is 0 Å². The summed E-state index contributed by atoms with van der Waals surface area (Å²) in [7, 11) is -6.98. The van der Waals surface area contributed by atoms with E-state index in [-0.39, 0.29) is 23.1 Å². The van der Waals surface area contributed by atoms with Gasteiger partial charge in [-0.05, 0) is 36.2 Å². The van der Waals surface area contributed by atoms with Crippen molar-refractivity contribution in [2.45, 2.75) is 30.4 Å². The Bertz CT molecular complexity index is 1110. The highest BCUT2D eigenvalue weighted by molar-refractivity contribution is 7.91. The summed E-state index contributed by atoms with van der Waals surface area (Å²) in [6.45, 7) is 4.71. The van der Waals surface area contributed by atoms with E-state index in [1.54, 1.807) is 26.0 Å². The van der Waals surface area contributed by atoms with Crippen molar-refractivity contribution in [1.82, 2.24) is 9.21 Å². The zero-order valence-corrected chi connectivity index (χ0v) is 19.4. The van der Waals surface area contributed by atoms with Crippen LogP contribution < -0.4 is 0 Å². The molecule has 0 radical (unpaired) electrons. The Balaban J connectivity index is 1.78. The number of carbonyl (C=O) groups excluding carboxylic acids is 1. The lowest BCUT2D eigenvalue weighted by Crippen LogP contribution is -2.33. The summed E-state index contributed by atoms with van der Waals surface area (Å²) in [4.78, 5) is 14.7. The van der Waals surface area contributed by atoms with Gasteiger partial charge in [-0.3, -0.25) is 4.79 Å². The zero-order chi connectivity index (χ0) is 22.6. The van der Waals surface area contributed by atoms with Gasteiger partial charge in [0.25, 0.3) is 5.91 Å². The second-order valence-electron chi connectivity index (χ2n) is 7.46. The van der Waals surface area contributed by atoms with Crippen LogP contribution in [0.15, 0.2) is 59.5 Å². The van der Waals surface area contributed by atoms with Gasteiger partial charge in [-0.25, -0.2) is 16.8 Å². The average Bonchev–Trinajstić information content (AvgIpc) is 2.92. The fourth-order valence-corrected chi connectivity index (χ4v) is 7.11. The van der Waals surface area contributed by atoms with Gasteiger partial charge in [-0.1, -0.05) is 44.2 Å². The molecule has 1 aliphatic heterocycles. The molecule has 7 nitrogen and oxygen atoms in total. The highest BCUT2D eigenvalue weighted by Gasteiger charge is 2.33. The molecule has 168 valence electrons. The first-order valence-electron chi connectivity index (χ1n) is 10.4. The topological polar surface area (TPSA) is 91.8 Å². The van der Waals surface area contributed by atoms with Gasteiger partial charge in [0.15, 0.2) is 9.84 Å². The van der Waals surface area contributed by atoms with Crippen molar-refractivity contribution in [3.8, 4) is 0 Å². The number of sulfone groups is 1. The van der Waals surface area contributed by atoms with Crippen LogP contribution in [0.3, 0.4) is 0 Å². The molecule has 1 heterocycles. The van der Waals surface area contributed by atoms with E-state index in [0.29, 0.717) is 31.6 Å². The maximum atomic E-state index is 13.0. The molecule has 9 heteroatoms. The number of hydrogen-bond donors (Lipinski definition) is 0. The van der Waals surface area contributed by atoms with Crippen molar-refractivity contribution in [3.63, 3.8) is 0 Å². The van der Waals surface area contributed by atoms with Crippen LogP contribution in [0, 0.1) is 0 Å². The van der Waals surface area contributed by atoms with Crippen LogP contribution in [0.25, 0.3) is 0 Å². The van der Waals surface area contributed by atoms with Gasteiger partial charge in [0, 0.05) is 31.7 Å². The summed E-state index contributed by atoms with van der Waals surface area (Å²) >= 11 is 0. The lowest BCUT2D eigenvalue weighted by atomic mass is 10.1. The van der Waals surface area contributed by atoms with E-state index in [9.17, 15) is 21.6 Å². The van der Waals surface area contributed by atoms with Gasteiger partial charge in [0.2, 0.25) is 10.0 Å². The van der Waals surface area contributed by atoms with E-state index in [4.69, 9.17) is 0 Å². The molecule has 1 amide bonds. The van der Waals surface area contributed by atoms with Crippen LogP contribution in [0.4, 0.5) is 0 Å². The Morgan fingerprint density at radius 1 is 1.00 bits per heavy atom. The Kier molecular flexibility index (Phi) is 7.18. The summed E-state index contributed by atoms with van der Waals surface area (Å²) in [5.41, 5.74) is 1.08. The van der Waals surface area contributed by atoms with Gasteiger partial charge in [-0.15, -0.1) is 0 Å². The third-order valence-electron chi connectivity index (χ3n) is 5.64. The number of rotatable bonds is 6. The smallest absolute Gasteiger partial charge is 0.253 e. The quantitative estimate of drug-likeness (QED) is 0.656. The van der Waals surface area contributed by atoms with E-state index in [1.807, 2.05) is 18.2 Å². The summed E-state index contributed by atoms with van der Waals surface area (Å²) in [6.07, 6.45) is 0.326. The van der Waals surface area contributed by atoms with Crippen LogP contribution in [-0.4, -0.2) is 63.9 Å². The minimum absolute atomic E-state index is 0.104. The normalized spacial score (nSPS) is 19.2. The Morgan fingerprint density at radius 3 is 2.19 bits per heavy atom. The fraction of sp³-hybridized carbons (Fsp3) is 0.409. The molecule has 0 aliphatic carbocycles. The molecule has 1 atom stereocenters. The summed E-state index contributed by atoms with van der Waals surface area (Å²) in [6, 6.07) is 14.9. The van der Waals surface area contributed by atoms with Crippen molar-refractivity contribution < 1.29 is 21.6 Å². The van der Waals surface area contributed by atoms with Gasteiger partial charge in [0.1, 0.15) is 0 Å². The van der Waals surface area contributed by atoms with Crippen LogP contribution in [0.1, 0.15) is 41.4 Å². The molecule has 0 N–H and O–H groups in total. The minimum atomic E-state index is -3.60. The number of amides is 1. The number of hydrogen-bond acceptors (Lipinski definition) is 5. The third kappa shape index (κ3) is 4.99. The monoisotopic (exact) mass is 464 g/mol. The van der Waals surface area contributed by atoms with Crippen LogP contribution in [0.2, 0.25) is 0 Å². The van der Waals surface area contributed by atoms with Crippen molar-refractivity contribution in [2.75, 3.05) is 31.9 Å². The molecule has 31 heavy (non-hydrogen) atoms. The molecule has 1 unspecified atom stereocenters. The lowest BCUT2D eigenvalue weighted by Gasteiger charge is -2.21. The van der Waals surface area contributed by atoms with Crippen molar-refractivity contribution in [3.05, 3.63) is 65.7 Å². The predicted molar refractivity (Wildman–Crippen MR) is 120 cm³/mol. The number of carbonyl (C=O) groups is 1. The zero-order valence-electron chi connectivity index (χ0n) is 17.8. The molecular weight excluding hydrogens is 436 g/mol. The Labute approximate surface area is 184 Å². The largest absolute Gasteiger partial charge is 0.338 e. The maximum Gasteiger partial charge on any atom is 0.253 e.